The van der Waals surface area contributed by atoms with E-state index in [1.165, 1.54) is 43.8 Å². The van der Waals surface area contributed by atoms with Crippen molar-refractivity contribution in [1.82, 2.24) is 4.31 Å². The molecule has 0 unspecified atom stereocenters. The minimum absolute atomic E-state index is 0.0221. The first-order chi connectivity index (χ1) is 13.8. The summed E-state index contributed by atoms with van der Waals surface area (Å²) in [6.45, 7) is 4.17. The lowest BCUT2D eigenvalue weighted by Gasteiger charge is -2.19. The van der Waals surface area contributed by atoms with E-state index in [4.69, 9.17) is 14.2 Å². The van der Waals surface area contributed by atoms with E-state index in [9.17, 15) is 13.2 Å². The molecule has 158 valence electrons. The fraction of sp³-hybridized carbons (Fsp3) is 0.350. The van der Waals surface area contributed by atoms with Crippen molar-refractivity contribution in [2.45, 2.75) is 18.7 Å². The van der Waals surface area contributed by atoms with Gasteiger partial charge in [-0.2, -0.15) is 4.31 Å². The number of carbonyl (C=O) groups excluding carboxylic acids is 1. The van der Waals surface area contributed by atoms with Gasteiger partial charge in [-0.3, -0.25) is 4.79 Å². The van der Waals surface area contributed by atoms with Gasteiger partial charge in [0.15, 0.2) is 0 Å². The van der Waals surface area contributed by atoms with Crippen LogP contribution in [0.3, 0.4) is 0 Å². The quantitative estimate of drug-likeness (QED) is 0.668. The fourth-order valence-electron chi connectivity index (χ4n) is 2.83. The number of methoxy groups -OCH3 is 3. The summed E-state index contributed by atoms with van der Waals surface area (Å²) >= 11 is 0. The number of anilines is 1. The Hall–Kier alpha value is -2.78. The summed E-state index contributed by atoms with van der Waals surface area (Å²) in [5.41, 5.74) is 0.510. The highest BCUT2D eigenvalue weighted by Crippen LogP contribution is 2.31. The van der Waals surface area contributed by atoms with Gasteiger partial charge in [-0.25, -0.2) is 8.42 Å². The Labute approximate surface area is 171 Å². The lowest BCUT2D eigenvalue weighted by molar-refractivity contribution is 0.102. The minimum Gasteiger partial charge on any atom is -0.497 e. The zero-order valence-corrected chi connectivity index (χ0v) is 18.0. The number of benzene rings is 2. The molecule has 0 fully saturated rings. The summed E-state index contributed by atoms with van der Waals surface area (Å²) in [6, 6.07) is 9.16. The highest BCUT2D eigenvalue weighted by molar-refractivity contribution is 7.89. The third kappa shape index (κ3) is 4.80. The van der Waals surface area contributed by atoms with Crippen LogP contribution in [0.2, 0.25) is 0 Å². The molecule has 29 heavy (non-hydrogen) atoms. The predicted octanol–water partition coefficient (Wildman–Crippen LogP) is 3.00. The van der Waals surface area contributed by atoms with Gasteiger partial charge in [0.25, 0.3) is 5.91 Å². The van der Waals surface area contributed by atoms with Crippen LogP contribution in [0.5, 0.6) is 17.2 Å². The van der Waals surface area contributed by atoms with Crippen LogP contribution in [0.1, 0.15) is 24.2 Å². The summed E-state index contributed by atoms with van der Waals surface area (Å²) in [6.07, 6.45) is 0. The molecule has 1 N–H and O–H groups in total. The predicted molar refractivity (Wildman–Crippen MR) is 111 cm³/mol. The third-order valence-corrected chi connectivity index (χ3v) is 6.46. The van der Waals surface area contributed by atoms with Crippen molar-refractivity contribution < 1.29 is 27.4 Å². The van der Waals surface area contributed by atoms with E-state index in [0.717, 1.165) is 0 Å². The number of rotatable bonds is 9. The Morgan fingerprint density at radius 1 is 0.931 bits per heavy atom. The molecule has 0 atom stereocenters. The summed E-state index contributed by atoms with van der Waals surface area (Å²) < 4.78 is 42.7. The second-order valence-electron chi connectivity index (χ2n) is 5.97. The maximum Gasteiger partial charge on any atom is 0.259 e. The number of sulfonamides is 1. The van der Waals surface area contributed by atoms with Crippen molar-refractivity contribution in [3.05, 3.63) is 42.0 Å². The van der Waals surface area contributed by atoms with Gasteiger partial charge in [-0.1, -0.05) is 13.8 Å². The molecule has 0 heterocycles. The summed E-state index contributed by atoms with van der Waals surface area (Å²) in [5.74, 6) is 0.712. The number of amides is 1. The van der Waals surface area contributed by atoms with Crippen LogP contribution < -0.4 is 19.5 Å². The molecule has 2 rings (SSSR count). The Kier molecular flexibility index (Phi) is 7.46. The van der Waals surface area contributed by atoms with Crippen molar-refractivity contribution in [2.24, 2.45) is 0 Å². The first-order valence-electron chi connectivity index (χ1n) is 9.03. The normalized spacial score (nSPS) is 11.2. The second kappa shape index (κ2) is 9.62. The van der Waals surface area contributed by atoms with Gasteiger partial charge in [0.2, 0.25) is 10.0 Å². The first kappa shape index (κ1) is 22.5. The van der Waals surface area contributed by atoms with Crippen LogP contribution >= 0.6 is 0 Å². The number of nitrogens with zero attached hydrogens (tertiary/aromatic N) is 1. The lowest BCUT2D eigenvalue weighted by atomic mass is 10.1. The van der Waals surface area contributed by atoms with E-state index in [1.807, 2.05) is 0 Å². The maximum atomic E-state index is 12.9. The number of carbonyl (C=O) groups is 1. The molecule has 9 heteroatoms. The molecule has 0 saturated carbocycles. The molecular weight excluding hydrogens is 396 g/mol. The van der Waals surface area contributed by atoms with Gasteiger partial charge in [-0.05, 0) is 30.3 Å². The van der Waals surface area contributed by atoms with Gasteiger partial charge >= 0.3 is 0 Å². The largest absolute Gasteiger partial charge is 0.497 e. The number of hydrogen-bond donors (Lipinski definition) is 1. The van der Waals surface area contributed by atoms with E-state index in [0.29, 0.717) is 30.3 Å². The molecule has 0 radical (unpaired) electrons. The zero-order valence-electron chi connectivity index (χ0n) is 17.2. The van der Waals surface area contributed by atoms with Crippen molar-refractivity contribution in [3.8, 4) is 17.2 Å². The molecule has 0 spiro atoms. The van der Waals surface area contributed by atoms with Crippen LogP contribution in [0.15, 0.2) is 41.3 Å². The monoisotopic (exact) mass is 422 g/mol. The van der Waals surface area contributed by atoms with Gasteiger partial charge in [-0.15, -0.1) is 0 Å². The molecule has 0 aliphatic rings. The van der Waals surface area contributed by atoms with E-state index in [-0.39, 0.29) is 16.2 Å². The molecule has 0 bridgehead atoms. The average Bonchev–Trinajstić information content (AvgIpc) is 2.74. The highest BCUT2D eigenvalue weighted by Gasteiger charge is 2.25. The fourth-order valence-corrected chi connectivity index (χ4v) is 4.31. The van der Waals surface area contributed by atoms with E-state index in [2.05, 4.69) is 5.32 Å². The summed E-state index contributed by atoms with van der Waals surface area (Å²) in [7, 11) is 0.697. The van der Waals surface area contributed by atoms with Gasteiger partial charge in [0.1, 0.15) is 17.2 Å². The summed E-state index contributed by atoms with van der Waals surface area (Å²) in [5, 5.41) is 2.73. The molecule has 2 aromatic carbocycles. The zero-order chi connectivity index (χ0) is 21.6. The number of hydrogen-bond acceptors (Lipinski definition) is 6. The smallest absolute Gasteiger partial charge is 0.259 e. The van der Waals surface area contributed by atoms with Crippen molar-refractivity contribution >= 4 is 21.6 Å². The third-order valence-electron chi connectivity index (χ3n) is 4.42. The van der Waals surface area contributed by atoms with E-state index >= 15 is 0 Å². The van der Waals surface area contributed by atoms with Gasteiger partial charge in [0, 0.05) is 19.2 Å². The SMILES string of the molecule is CCN(CC)S(=O)(=O)c1ccc(OC)c(C(=O)Nc2ccc(OC)cc2OC)c1. The van der Waals surface area contributed by atoms with E-state index in [1.54, 1.807) is 32.0 Å². The Morgan fingerprint density at radius 2 is 1.59 bits per heavy atom. The Balaban J connectivity index is 2.44. The molecule has 1 amide bonds. The molecule has 2 aromatic rings. The Bertz CT molecular complexity index is 971. The first-order valence-corrected chi connectivity index (χ1v) is 10.5. The molecule has 8 nitrogen and oxygen atoms in total. The molecule has 0 aromatic heterocycles. The Morgan fingerprint density at radius 3 is 2.14 bits per heavy atom. The maximum absolute atomic E-state index is 12.9. The van der Waals surface area contributed by atoms with Crippen LogP contribution in [-0.2, 0) is 10.0 Å². The standard InChI is InChI=1S/C20H26N2O6S/c1-6-22(7-2)29(24,25)15-9-11-18(27-4)16(13-15)20(23)21-17-10-8-14(26-3)12-19(17)28-5/h8-13H,6-7H2,1-5H3,(H,21,23). The summed E-state index contributed by atoms with van der Waals surface area (Å²) in [4.78, 5) is 12.9. The number of nitrogens with one attached hydrogen (secondary N) is 1. The molecular formula is C20H26N2O6S. The van der Waals surface area contributed by atoms with Crippen molar-refractivity contribution in [1.29, 1.82) is 0 Å². The number of ether oxygens (including phenoxy) is 3. The van der Waals surface area contributed by atoms with Crippen LogP contribution in [0.25, 0.3) is 0 Å². The van der Waals surface area contributed by atoms with Crippen LogP contribution in [0, 0.1) is 0 Å². The van der Waals surface area contributed by atoms with Gasteiger partial charge < -0.3 is 19.5 Å². The lowest BCUT2D eigenvalue weighted by Crippen LogP contribution is -2.30. The van der Waals surface area contributed by atoms with Gasteiger partial charge in [0.05, 0.1) is 37.5 Å². The minimum atomic E-state index is -3.72. The molecule has 0 aliphatic carbocycles. The van der Waals surface area contributed by atoms with E-state index < -0.39 is 15.9 Å². The topological polar surface area (TPSA) is 94.2 Å². The molecule has 0 saturated heterocycles. The van der Waals surface area contributed by atoms with Crippen molar-refractivity contribution in [3.63, 3.8) is 0 Å². The second-order valence-corrected chi connectivity index (χ2v) is 7.91. The average molecular weight is 423 g/mol. The van der Waals surface area contributed by atoms with Crippen LogP contribution in [-0.4, -0.2) is 53.0 Å². The van der Waals surface area contributed by atoms with Crippen LogP contribution in [0.4, 0.5) is 5.69 Å². The van der Waals surface area contributed by atoms with Crippen molar-refractivity contribution in [2.75, 3.05) is 39.7 Å². The molecule has 0 aliphatic heterocycles. The highest BCUT2D eigenvalue weighted by atomic mass is 32.2.